The van der Waals surface area contributed by atoms with Crippen LogP contribution >= 0.6 is 46.4 Å². The van der Waals surface area contributed by atoms with Gasteiger partial charge in [0.15, 0.2) is 0 Å². The highest BCUT2D eigenvalue weighted by Gasteiger charge is 2.16. The third-order valence-corrected chi connectivity index (χ3v) is 5.28. The second kappa shape index (κ2) is 8.12. The van der Waals surface area contributed by atoms with Crippen molar-refractivity contribution in [2.24, 2.45) is 0 Å². The van der Waals surface area contributed by atoms with Crippen LogP contribution in [0.25, 0.3) is 6.08 Å². The van der Waals surface area contributed by atoms with E-state index in [0.717, 1.165) is 48.6 Å². The van der Waals surface area contributed by atoms with Gasteiger partial charge in [-0.05, 0) is 54.8 Å². The Morgan fingerprint density at radius 1 is 0.917 bits per heavy atom. The van der Waals surface area contributed by atoms with E-state index >= 15 is 0 Å². The molecule has 126 valence electrons. The van der Waals surface area contributed by atoms with E-state index in [1.165, 1.54) is 5.57 Å². The van der Waals surface area contributed by atoms with Gasteiger partial charge >= 0.3 is 0 Å². The molecule has 0 spiro atoms. The van der Waals surface area contributed by atoms with Crippen LogP contribution in [0.1, 0.15) is 24.0 Å². The van der Waals surface area contributed by atoms with Crippen LogP contribution in [0.2, 0.25) is 20.1 Å². The normalized spacial score (nSPS) is 17.4. The van der Waals surface area contributed by atoms with Gasteiger partial charge in [0.2, 0.25) is 0 Å². The van der Waals surface area contributed by atoms with E-state index in [4.69, 9.17) is 46.4 Å². The van der Waals surface area contributed by atoms with Crippen molar-refractivity contribution < 1.29 is 0 Å². The maximum atomic E-state index is 6.29. The maximum absolute atomic E-state index is 6.29. The van der Waals surface area contributed by atoms with E-state index in [0.29, 0.717) is 15.1 Å². The monoisotopic (exact) mass is 399 g/mol. The molecule has 1 heterocycles. The van der Waals surface area contributed by atoms with Gasteiger partial charge in [0.05, 0.1) is 0 Å². The summed E-state index contributed by atoms with van der Waals surface area (Å²) in [5.74, 6) is 0. The molecule has 0 aromatic heterocycles. The van der Waals surface area contributed by atoms with Gasteiger partial charge in [-0.15, -0.1) is 0 Å². The number of benzene rings is 2. The Labute approximate surface area is 162 Å². The van der Waals surface area contributed by atoms with Gasteiger partial charge in [0.1, 0.15) is 0 Å². The van der Waals surface area contributed by atoms with Crippen molar-refractivity contribution in [3.05, 3.63) is 73.2 Å². The summed E-state index contributed by atoms with van der Waals surface area (Å²) in [5.41, 5.74) is 3.49. The summed E-state index contributed by atoms with van der Waals surface area (Å²) in [6.07, 6.45) is 4.39. The Balaban J connectivity index is 1.73. The van der Waals surface area contributed by atoms with E-state index < -0.39 is 0 Å². The summed E-state index contributed by atoms with van der Waals surface area (Å²) >= 11 is 24.5. The van der Waals surface area contributed by atoms with Crippen molar-refractivity contribution in [3.63, 3.8) is 0 Å². The van der Waals surface area contributed by atoms with Gasteiger partial charge in [-0.2, -0.15) is 0 Å². The quantitative estimate of drug-likeness (QED) is 0.537. The lowest BCUT2D eigenvalue weighted by Crippen LogP contribution is -2.30. The zero-order valence-electron chi connectivity index (χ0n) is 13.0. The first-order chi connectivity index (χ1) is 11.5. The predicted octanol–water partition coefficient (Wildman–Crippen LogP) is 6.98. The molecule has 0 aliphatic carbocycles. The minimum Gasteiger partial charge on any atom is -0.295 e. The lowest BCUT2D eigenvalue weighted by molar-refractivity contribution is 0.259. The van der Waals surface area contributed by atoms with E-state index in [9.17, 15) is 0 Å². The number of halogens is 4. The van der Waals surface area contributed by atoms with Crippen LogP contribution in [0.3, 0.4) is 0 Å². The zero-order valence-corrected chi connectivity index (χ0v) is 16.1. The molecule has 1 aliphatic heterocycles. The van der Waals surface area contributed by atoms with E-state index in [1.54, 1.807) is 12.1 Å². The van der Waals surface area contributed by atoms with Gasteiger partial charge in [-0.25, -0.2) is 0 Å². The van der Waals surface area contributed by atoms with Crippen molar-refractivity contribution in [2.45, 2.75) is 19.4 Å². The molecule has 0 amide bonds. The highest BCUT2D eigenvalue weighted by atomic mass is 35.5. The Kier molecular flexibility index (Phi) is 6.12. The van der Waals surface area contributed by atoms with Crippen LogP contribution in [0.4, 0.5) is 0 Å². The first kappa shape index (κ1) is 18.1. The van der Waals surface area contributed by atoms with Gasteiger partial charge in [0, 0.05) is 33.2 Å². The highest BCUT2D eigenvalue weighted by molar-refractivity contribution is 6.35. The maximum Gasteiger partial charge on any atom is 0.0493 e. The summed E-state index contributed by atoms with van der Waals surface area (Å²) in [5, 5.41) is 2.73. The second-order valence-corrected chi connectivity index (χ2v) is 7.71. The fraction of sp³-hybridized carbons (Fsp3) is 0.263. The van der Waals surface area contributed by atoms with Crippen LogP contribution < -0.4 is 0 Å². The first-order valence-electron chi connectivity index (χ1n) is 7.82. The summed E-state index contributed by atoms with van der Waals surface area (Å²) in [6, 6.07) is 11.3. The molecule has 2 aromatic carbocycles. The highest BCUT2D eigenvalue weighted by Crippen LogP contribution is 2.27. The van der Waals surface area contributed by atoms with Gasteiger partial charge in [-0.1, -0.05) is 70.2 Å². The largest absolute Gasteiger partial charge is 0.295 e. The minimum absolute atomic E-state index is 0.657. The van der Waals surface area contributed by atoms with Crippen LogP contribution in [0.5, 0.6) is 0 Å². The van der Waals surface area contributed by atoms with Crippen molar-refractivity contribution in [1.29, 1.82) is 0 Å². The molecule has 0 atom stereocenters. The van der Waals surface area contributed by atoms with Crippen LogP contribution in [-0.2, 0) is 6.54 Å². The molecule has 1 nitrogen and oxygen atoms in total. The van der Waals surface area contributed by atoms with Crippen molar-refractivity contribution in [1.82, 2.24) is 4.90 Å². The summed E-state index contributed by atoms with van der Waals surface area (Å²) in [7, 11) is 0. The van der Waals surface area contributed by atoms with Crippen molar-refractivity contribution >= 4 is 52.5 Å². The smallest absolute Gasteiger partial charge is 0.0493 e. The molecule has 0 unspecified atom stereocenters. The fourth-order valence-corrected chi connectivity index (χ4v) is 3.89. The molecule has 0 N–H and O–H groups in total. The number of rotatable bonds is 3. The third-order valence-electron chi connectivity index (χ3n) is 4.13. The lowest BCUT2D eigenvalue weighted by Gasteiger charge is -2.29. The van der Waals surface area contributed by atoms with Crippen LogP contribution in [0.15, 0.2) is 42.0 Å². The molecular weight excluding hydrogens is 384 g/mol. The van der Waals surface area contributed by atoms with Gasteiger partial charge in [-0.3, -0.25) is 4.90 Å². The molecular formula is C19H17Cl4N. The predicted molar refractivity (Wildman–Crippen MR) is 105 cm³/mol. The van der Waals surface area contributed by atoms with Crippen molar-refractivity contribution in [2.75, 3.05) is 13.1 Å². The molecule has 24 heavy (non-hydrogen) atoms. The van der Waals surface area contributed by atoms with E-state index in [1.807, 2.05) is 24.3 Å². The van der Waals surface area contributed by atoms with E-state index in [2.05, 4.69) is 11.0 Å². The number of hydrogen-bond donors (Lipinski definition) is 0. The first-order valence-corrected chi connectivity index (χ1v) is 9.33. The van der Waals surface area contributed by atoms with Crippen LogP contribution in [-0.4, -0.2) is 18.0 Å². The fourth-order valence-electron chi connectivity index (χ4n) is 2.96. The second-order valence-electron chi connectivity index (χ2n) is 6.02. The Morgan fingerprint density at radius 2 is 1.62 bits per heavy atom. The minimum atomic E-state index is 0.657. The number of nitrogens with zero attached hydrogens (tertiary/aromatic N) is 1. The lowest BCUT2D eigenvalue weighted by atomic mass is 10.0. The van der Waals surface area contributed by atoms with Crippen LogP contribution in [0, 0.1) is 0 Å². The number of likely N-dealkylation sites (tertiary alicyclic amines) is 1. The average Bonchev–Trinajstić information content (AvgIpc) is 2.53. The molecule has 2 aromatic rings. The molecule has 1 fully saturated rings. The Hall–Kier alpha value is -0.700. The van der Waals surface area contributed by atoms with Gasteiger partial charge in [0.25, 0.3) is 0 Å². The summed E-state index contributed by atoms with van der Waals surface area (Å²) in [6.45, 7) is 2.80. The molecule has 1 aliphatic rings. The molecule has 0 saturated carbocycles. The van der Waals surface area contributed by atoms with Crippen molar-refractivity contribution in [3.8, 4) is 0 Å². The molecule has 5 heteroatoms. The SMILES string of the molecule is Clc1ccc(/C=C2\CCCN(Cc3ccc(Cl)cc3Cl)C2)c(Cl)c1. The standard InChI is InChI=1S/C19H17Cl4N/c20-16-5-3-14(18(22)9-16)8-13-2-1-7-24(11-13)12-15-4-6-17(21)10-19(15)23/h3-6,8-10H,1-2,7,11-12H2/b13-8+. The molecule has 0 bridgehead atoms. The topological polar surface area (TPSA) is 3.24 Å². The summed E-state index contributed by atoms with van der Waals surface area (Å²) < 4.78 is 0. The number of piperidine rings is 1. The van der Waals surface area contributed by atoms with Gasteiger partial charge < -0.3 is 0 Å². The Bertz CT molecular complexity index is 770. The third kappa shape index (κ3) is 4.68. The molecule has 3 rings (SSSR count). The Morgan fingerprint density at radius 3 is 2.33 bits per heavy atom. The summed E-state index contributed by atoms with van der Waals surface area (Å²) in [4.78, 5) is 2.40. The average molecular weight is 401 g/mol. The zero-order chi connectivity index (χ0) is 17.1. The molecule has 1 saturated heterocycles. The van der Waals surface area contributed by atoms with E-state index in [-0.39, 0.29) is 0 Å². The number of hydrogen-bond acceptors (Lipinski definition) is 1. The molecule has 0 radical (unpaired) electrons.